The van der Waals surface area contributed by atoms with Crippen LogP contribution in [-0.2, 0) is 4.74 Å². The number of carbonyl (C=O) groups is 2. The number of nitrogens with zero attached hydrogens (tertiary/aromatic N) is 1. The summed E-state index contributed by atoms with van der Waals surface area (Å²) in [7, 11) is 0. The first-order chi connectivity index (χ1) is 20.4. The predicted octanol–water partition coefficient (Wildman–Crippen LogP) is 7.45. The van der Waals surface area contributed by atoms with Crippen molar-refractivity contribution >= 4 is 44.5 Å². The van der Waals surface area contributed by atoms with E-state index >= 15 is 0 Å². The molecule has 218 valence electrons. The standard InChI is InChI=1S/C33H32BrNO7/c1-4-7-17-41-33(38)20-8-12-23(13-9-20)35-29(21-10-14-26(40-16-5-2)27(18-21)39-6-3)28-30(36)24-19-22(34)11-15-25(24)42-31(28)32(35)37/h8-15,18-19,29H,4-7,16-17H2,1-3H3. The second-order valence-corrected chi connectivity index (χ2v) is 10.8. The van der Waals surface area contributed by atoms with Gasteiger partial charge in [-0.05, 0) is 79.9 Å². The summed E-state index contributed by atoms with van der Waals surface area (Å²) in [5, 5.41) is 0.362. The van der Waals surface area contributed by atoms with E-state index in [0.717, 1.165) is 23.7 Å². The minimum absolute atomic E-state index is 0.0212. The van der Waals surface area contributed by atoms with Crippen LogP contribution in [-0.4, -0.2) is 31.7 Å². The fraction of sp³-hybridized carbons (Fsp3) is 0.303. The third kappa shape index (κ3) is 5.66. The van der Waals surface area contributed by atoms with Gasteiger partial charge in [0, 0.05) is 10.2 Å². The number of rotatable bonds is 11. The van der Waals surface area contributed by atoms with Gasteiger partial charge in [-0.1, -0.05) is 42.3 Å². The van der Waals surface area contributed by atoms with E-state index in [4.69, 9.17) is 18.6 Å². The van der Waals surface area contributed by atoms with Crippen molar-refractivity contribution in [3.05, 3.63) is 97.8 Å². The highest BCUT2D eigenvalue weighted by Crippen LogP contribution is 2.43. The topological polar surface area (TPSA) is 95.3 Å². The van der Waals surface area contributed by atoms with Crippen molar-refractivity contribution in [2.45, 2.75) is 46.1 Å². The first-order valence-electron chi connectivity index (χ1n) is 14.1. The molecule has 0 aliphatic carbocycles. The highest BCUT2D eigenvalue weighted by molar-refractivity contribution is 9.10. The summed E-state index contributed by atoms with van der Waals surface area (Å²) in [5.74, 6) is 0.188. The highest BCUT2D eigenvalue weighted by atomic mass is 79.9. The Hall–Kier alpha value is -4.11. The zero-order chi connectivity index (χ0) is 29.8. The van der Waals surface area contributed by atoms with Gasteiger partial charge in [0.2, 0.25) is 5.76 Å². The van der Waals surface area contributed by atoms with Gasteiger partial charge in [-0.25, -0.2) is 4.79 Å². The first kappa shape index (κ1) is 29.4. The third-order valence-electron chi connectivity index (χ3n) is 6.99. The van der Waals surface area contributed by atoms with Crippen LogP contribution in [0.4, 0.5) is 5.69 Å². The van der Waals surface area contributed by atoms with E-state index in [1.807, 2.05) is 26.8 Å². The van der Waals surface area contributed by atoms with Crippen LogP contribution >= 0.6 is 15.9 Å². The van der Waals surface area contributed by atoms with Crippen LogP contribution < -0.4 is 19.8 Å². The van der Waals surface area contributed by atoms with Gasteiger partial charge in [-0.3, -0.25) is 14.5 Å². The maximum atomic E-state index is 14.0. The van der Waals surface area contributed by atoms with Gasteiger partial charge in [-0.15, -0.1) is 0 Å². The van der Waals surface area contributed by atoms with E-state index in [1.165, 1.54) is 4.90 Å². The predicted molar refractivity (Wildman–Crippen MR) is 164 cm³/mol. The average Bonchev–Trinajstić information content (AvgIpc) is 3.29. The number of esters is 1. The summed E-state index contributed by atoms with van der Waals surface area (Å²) < 4.78 is 23.9. The molecule has 42 heavy (non-hydrogen) atoms. The molecule has 1 aromatic heterocycles. The fourth-order valence-corrected chi connectivity index (χ4v) is 5.33. The monoisotopic (exact) mass is 633 g/mol. The smallest absolute Gasteiger partial charge is 0.338 e. The Morgan fingerprint density at radius 3 is 2.40 bits per heavy atom. The van der Waals surface area contributed by atoms with Crippen LogP contribution in [0, 0.1) is 0 Å². The number of carbonyl (C=O) groups excluding carboxylic acids is 2. The number of anilines is 1. The normalized spacial score (nSPS) is 14.2. The second kappa shape index (κ2) is 12.8. The van der Waals surface area contributed by atoms with E-state index in [-0.39, 0.29) is 16.8 Å². The summed E-state index contributed by atoms with van der Waals surface area (Å²) in [5.41, 5.74) is 1.78. The zero-order valence-electron chi connectivity index (χ0n) is 23.8. The molecule has 0 fully saturated rings. The van der Waals surface area contributed by atoms with Crippen molar-refractivity contribution in [2.75, 3.05) is 24.7 Å². The van der Waals surface area contributed by atoms with Crippen LogP contribution in [0.2, 0.25) is 0 Å². The zero-order valence-corrected chi connectivity index (χ0v) is 25.4. The molecule has 3 aromatic carbocycles. The minimum Gasteiger partial charge on any atom is -0.490 e. The molecule has 9 heteroatoms. The molecule has 0 bridgehead atoms. The summed E-state index contributed by atoms with van der Waals surface area (Å²) in [4.78, 5) is 42.0. The molecule has 1 atom stereocenters. The number of ether oxygens (including phenoxy) is 3. The summed E-state index contributed by atoms with van der Waals surface area (Å²) in [6.07, 6.45) is 2.53. The van der Waals surface area contributed by atoms with E-state index in [1.54, 1.807) is 54.6 Å². The number of hydrogen-bond acceptors (Lipinski definition) is 7. The molecule has 0 saturated carbocycles. The van der Waals surface area contributed by atoms with Crippen molar-refractivity contribution < 1.29 is 28.2 Å². The lowest BCUT2D eigenvalue weighted by Crippen LogP contribution is -2.29. The van der Waals surface area contributed by atoms with Gasteiger partial charge < -0.3 is 18.6 Å². The van der Waals surface area contributed by atoms with Crippen LogP contribution in [0.15, 0.2) is 74.3 Å². The average molecular weight is 635 g/mol. The number of amides is 1. The molecular weight excluding hydrogens is 602 g/mol. The number of fused-ring (bicyclic) bond motifs is 2. The quantitative estimate of drug-likeness (QED) is 0.125. The van der Waals surface area contributed by atoms with E-state index in [2.05, 4.69) is 15.9 Å². The SMILES string of the molecule is CCCCOC(=O)c1ccc(N2C(=O)c3oc4ccc(Br)cc4c(=O)c3C2c2ccc(OCCC)c(OCC)c2)cc1. The molecule has 0 saturated heterocycles. The Labute approximate surface area is 252 Å². The van der Waals surface area contributed by atoms with E-state index < -0.39 is 17.9 Å². The Kier molecular flexibility index (Phi) is 8.97. The molecule has 4 aromatic rings. The minimum atomic E-state index is -0.811. The fourth-order valence-electron chi connectivity index (χ4n) is 4.97. The summed E-state index contributed by atoms with van der Waals surface area (Å²) in [6, 6.07) is 16.3. The Bertz CT molecular complexity index is 1680. The Balaban J connectivity index is 1.64. The Morgan fingerprint density at radius 2 is 1.69 bits per heavy atom. The van der Waals surface area contributed by atoms with E-state index in [0.29, 0.717) is 59.1 Å². The lowest BCUT2D eigenvalue weighted by Gasteiger charge is -2.26. The number of benzene rings is 3. The Morgan fingerprint density at radius 1 is 0.905 bits per heavy atom. The summed E-state index contributed by atoms with van der Waals surface area (Å²) >= 11 is 3.43. The lowest BCUT2D eigenvalue weighted by molar-refractivity contribution is 0.0499. The maximum absolute atomic E-state index is 14.0. The number of unbranched alkanes of at least 4 members (excludes halogenated alkanes) is 1. The van der Waals surface area contributed by atoms with E-state index in [9.17, 15) is 14.4 Å². The van der Waals surface area contributed by atoms with Crippen LogP contribution in [0.1, 0.15) is 78.1 Å². The summed E-state index contributed by atoms with van der Waals surface area (Å²) in [6.45, 7) is 7.20. The largest absolute Gasteiger partial charge is 0.490 e. The first-order valence-corrected chi connectivity index (χ1v) is 14.9. The molecule has 1 amide bonds. The van der Waals surface area contributed by atoms with Crippen molar-refractivity contribution in [2.24, 2.45) is 0 Å². The van der Waals surface area contributed by atoms with Crippen LogP contribution in [0.25, 0.3) is 11.0 Å². The molecule has 1 unspecified atom stereocenters. The van der Waals surface area contributed by atoms with Crippen molar-refractivity contribution in [1.82, 2.24) is 0 Å². The van der Waals surface area contributed by atoms with Gasteiger partial charge in [0.1, 0.15) is 5.58 Å². The molecular formula is C33H32BrNO7. The molecule has 0 spiro atoms. The number of hydrogen-bond donors (Lipinski definition) is 0. The van der Waals surface area contributed by atoms with Crippen LogP contribution in [0.3, 0.4) is 0 Å². The van der Waals surface area contributed by atoms with Gasteiger partial charge >= 0.3 is 5.97 Å². The highest BCUT2D eigenvalue weighted by Gasteiger charge is 2.44. The van der Waals surface area contributed by atoms with Crippen LogP contribution in [0.5, 0.6) is 11.5 Å². The maximum Gasteiger partial charge on any atom is 0.338 e. The molecule has 1 aliphatic rings. The van der Waals surface area contributed by atoms with Gasteiger partial charge in [0.15, 0.2) is 16.9 Å². The third-order valence-corrected chi connectivity index (χ3v) is 7.48. The molecule has 1 aliphatic heterocycles. The van der Waals surface area contributed by atoms with Crippen molar-refractivity contribution in [3.8, 4) is 11.5 Å². The molecule has 0 N–H and O–H groups in total. The van der Waals surface area contributed by atoms with Gasteiger partial charge in [0.05, 0.1) is 42.4 Å². The molecule has 0 radical (unpaired) electrons. The van der Waals surface area contributed by atoms with Crippen molar-refractivity contribution in [3.63, 3.8) is 0 Å². The van der Waals surface area contributed by atoms with Gasteiger partial charge in [-0.2, -0.15) is 0 Å². The van der Waals surface area contributed by atoms with Gasteiger partial charge in [0.25, 0.3) is 5.91 Å². The molecule has 5 rings (SSSR count). The molecule has 8 nitrogen and oxygen atoms in total. The van der Waals surface area contributed by atoms with Crippen molar-refractivity contribution in [1.29, 1.82) is 0 Å². The lowest BCUT2D eigenvalue weighted by atomic mass is 9.97. The second-order valence-electron chi connectivity index (χ2n) is 9.92. The molecule has 2 heterocycles. The number of halogens is 1.